The highest BCUT2D eigenvalue weighted by Gasteiger charge is 2.29. The van der Waals surface area contributed by atoms with Gasteiger partial charge < -0.3 is 5.11 Å². The van der Waals surface area contributed by atoms with Crippen LogP contribution in [0.5, 0.6) is 0 Å². The fourth-order valence-electron chi connectivity index (χ4n) is 3.83. The molecule has 1 aliphatic rings. The van der Waals surface area contributed by atoms with Crippen molar-refractivity contribution in [3.63, 3.8) is 0 Å². The van der Waals surface area contributed by atoms with E-state index in [1.54, 1.807) is 38.3 Å². The van der Waals surface area contributed by atoms with Crippen LogP contribution >= 0.6 is 11.6 Å². The van der Waals surface area contributed by atoms with Crippen LogP contribution in [0.1, 0.15) is 43.9 Å². The summed E-state index contributed by atoms with van der Waals surface area (Å²) in [4.78, 5) is 31.7. The third-order valence-electron chi connectivity index (χ3n) is 5.49. The Morgan fingerprint density at radius 3 is 2.72 bits per heavy atom. The van der Waals surface area contributed by atoms with Gasteiger partial charge in [0.25, 0.3) is 0 Å². The van der Waals surface area contributed by atoms with Gasteiger partial charge in [-0.2, -0.15) is 0 Å². The van der Waals surface area contributed by atoms with E-state index in [0.29, 0.717) is 11.1 Å². The zero-order chi connectivity index (χ0) is 26.5. The molecule has 0 aromatic heterocycles. The van der Waals surface area contributed by atoms with Gasteiger partial charge >= 0.3 is 6.03 Å². The first kappa shape index (κ1) is 27.5. The predicted octanol–water partition coefficient (Wildman–Crippen LogP) is 4.13. The van der Waals surface area contributed by atoms with Gasteiger partial charge in [-0.3, -0.25) is 19.5 Å². The number of urea groups is 1. The van der Waals surface area contributed by atoms with E-state index >= 15 is 0 Å². The van der Waals surface area contributed by atoms with Crippen molar-refractivity contribution in [1.29, 1.82) is 0 Å². The molecule has 0 fully saturated rings. The molecule has 1 heterocycles. The standard InChI is InChI=1S/C25H29ClF2N4O4/c1-16(33)32(29-13-18-5-4-6-22(28)23(18)26)21(12-25(2,3)35)15-36-30-24(34)31-10-9-17-7-8-20(27)11-19(17)14-31/h4-11,21,29,35H,12-15H2,1-3H3,(H,30,34)/t21-/m0/s1. The summed E-state index contributed by atoms with van der Waals surface area (Å²) in [6.07, 6.45) is 3.34. The summed E-state index contributed by atoms with van der Waals surface area (Å²) >= 11 is 6.01. The number of nitrogens with one attached hydrogen (secondary N) is 2. The molecule has 194 valence electrons. The highest BCUT2D eigenvalue weighted by Crippen LogP contribution is 2.22. The zero-order valence-electron chi connectivity index (χ0n) is 20.2. The maximum Gasteiger partial charge on any atom is 0.345 e. The largest absolute Gasteiger partial charge is 0.390 e. The van der Waals surface area contributed by atoms with Gasteiger partial charge in [0.2, 0.25) is 5.91 Å². The van der Waals surface area contributed by atoms with Crippen molar-refractivity contribution in [3.8, 4) is 0 Å². The van der Waals surface area contributed by atoms with Crippen molar-refractivity contribution in [2.75, 3.05) is 6.61 Å². The fraction of sp³-hybridized carbons (Fsp3) is 0.360. The molecular formula is C25H29ClF2N4O4. The summed E-state index contributed by atoms with van der Waals surface area (Å²) in [5.74, 6) is -1.36. The number of hydroxylamine groups is 1. The number of halogens is 3. The number of fused-ring (bicyclic) bond motifs is 1. The minimum absolute atomic E-state index is 0.0411. The number of hydrazine groups is 1. The molecule has 2 aromatic carbocycles. The van der Waals surface area contributed by atoms with Crippen LogP contribution in [0.3, 0.4) is 0 Å². The van der Waals surface area contributed by atoms with Gasteiger partial charge in [0, 0.05) is 19.7 Å². The molecule has 3 amide bonds. The maximum absolute atomic E-state index is 13.8. The van der Waals surface area contributed by atoms with Gasteiger partial charge in [-0.05, 0) is 61.2 Å². The van der Waals surface area contributed by atoms with Crippen LogP contribution in [0.25, 0.3) is 6.08 Å². The molecule has 0 aliphatic carbocycles. The van der Waals surface area contributed by atoms with E-state index in [1.165, 1.54) is 41.1 Å². The van der Waals surface area contributed by atoms with E-state index in [4.69, 9.17) is 16.4 Å². The van der Waals surface area contributed by atoms with Crippen LogP contribution in [0.4, 0.5) is 13.6 Å². The van der Waals surface area contributed by atoms with E-state index < -0.39 is 29.3 Å². The lowest BCUT2D eigenvalue weighted by molar-refractivity contribution is -0.139. The number of rotatable bonds is 9. The van der Waals surface area contributed by atoms with Crippen LogP contribution in [-0.4, -0.2) is 45.2 Å². The Morgan fingerprint density at radius 1 is 1.28 bits per heavy atom. The highest BCUT2D eigenvalue weighted by atomic mass is 35.5. The molecule has 36 heavy (non-hydrogen) atoms. The number of carbonyl (C=O) groups excluding carboxylic acids is 2. The molecule has 2 aromatic rings. The molecular weight excluding hydrogens is 494 g/mol. The van der Waals surface area contributed by atoms with Crippen molar-refractivity contribution in [2.45, 2.75) is 51.9 Å². The topological polar surface area (TPSA) is 94.1 Å². The molecule has 11 heteroatoms. The third kappa shape index (κ3) is 7.47. The van der Waals surface area contributed by atoms with Gasteiger partial charge in [0.1, 0.15) is 11.6 Å². The Kier molecular flexibility index (Phi) is 9.02. The fourth-order valence-corrected chi connectivity index (χ4v) is 4.03. The molecule has 0 bridgehead atoms. The van der Waals surface area contributed by atoms with E-state index in [2.05, 4.69) is 10.9 Å². The molecule has 1 atom stereocenters. The van der Waals surface area contributed by atoms with Crippen LogP contribution in [-0.2, 0) is 22.7 Å². The van der Waals surface area contributed by atoms with Crippen molar-refractivity contribution in [3.05, 3.63) is 75.9 Å². The minimum atomic E-state index is -1.17. The minimum Gasteiger partial charge on any atom is -0.390 e. The third-order valence-corrected chi connectivity index (χ3v) is 5.91. The molecule has 0 saturated heterocycles. The summed E-state index contributed by atoms with van der Waals surface area (Å²) in [6.45, 7) is 4.51. The van der Waals surface area contributed by atoms with Crippen LogP contribution in [0.2, 0.25) is 5.02 Å². The number of hydrogen-bond acceptors (Lipinski definition) is 5. The van der Waals surface area contributed by atoms with Gasteiger partial charge in [0.15, 0.2) is 0 Å². The van der Waals surface area contributed by atoms with Crippen LogP contribution in [0, 0.1) is 11.6 Å². The molecule has 8 nitrogen and oxygen atoms in total. The van der Waals surface area contributed by atoms with Crippen LogP contribution < -0.4 is 10.9 Å². The van der Waals surface area contributed by atoms with E-state index in [9.17, 15) is 23.5 Å². The second-order valence-corrected chi connectivity index (χ2v) is 9.49. The highest BCUT2D eigenvalue weighted by molar-refractivity contribution is 6.31. The van der Waals surface area contributed by atoms with E-state index in [1.807, 2.05) is 0 Å². The normalized spacial score (nSPS) is 13.8. The number of benzene rings is 2. The number of aliphatic hydroxyl groups is 1. The Hall–Kier alpha value is -3.05. The lowest BCUT2D eigenvalue weighted by Crippen LogP contribution is -2.53. The van der Waals surface area contributed by atoms with Crippen molar-refractivity contribution in [1.82, 2.24) is 20.8 Å². The smallest absolute Gasteiger partial charge is 0.345 e. The first-order chi connectivity index (χ1) is 16.9. The molecule has 0 unspecified atom stereocenters. The Bertz CT molecular complexity index is 1140. The number of carbonyl (C=O) groups is 2. The van der Waals surface area contributed by atoms with Gasteiger partial charge in [-0.15, -0.1) is 0 Å². The molecule has 0 radical (unpaired) electrons. The second-order valence-electron chi connectivity index (χ2n) is 9.11. The lowest BCUT2D eigenvalue weighted by atomic mass is 9.99. The Balaban J connectivity index is 1.63. The number of amides is 3. The van der Waals surface area contributed by atoms with Crippen molar-refractivity contribution in [2.24, 2.45) is 0 Å². The second kappa shape index (κ2) is 11.8. The Morgan fingerprint density at radius 2 is 2.03 bits per heavy atom. The van der Waals surface area contributed by atoms with Crippen molar-refractivity contribution < 1.29 is 28.3 Å². The average Bonchev–Trinajstić information content (AvgIpc) is 2.79. The van der Waals surface area contributed by atoms with Crippen molar-refractivity contribution >= 4 is 29.6 Å². The monoisotopic (exact) mass is 522 g/mol. The molecule has 0 spiro atoms. The van der Waals surface area contributed by atoms with Gasteiger partial charge in [-0.25, -0.2) is 24.5 Å². The lowest BCUT2D eigenvalue weighted by Gasteiger charge is -2.34. The van der Waals surface area contributed by atoms with E-state index in [0.717, 1.165) is 5.56 Å². The summed E-state index contributed by atoms with van der Waals surface area (Å²) in [5, 5.41) is 11.6. The van der Waals surface area contributed by atoms with Gasteiger partial charge in [0.05, 0.1) is 29.8 Å². The molecule has 1 aliphatic heterocycles. The summed E-state index contributed by atoms with van der Waals surface area (Å²) in [6, 6.07) is 7.41. The average molecular weight is 523 g/mol. The summed E-state index contributed by atoms with van der Waals surface area (Å²) < 4.78 is 27.3. The summed E-state index contributed by atoms with van der Waals surface area (Å²) in [7, 11) is 0. The molecule has 3 N–H and O–H groups in total. The first-order valence-corrected chi connectivity index (χ1v) is 11.7. The number of hydrogen-bond donors (Lipinski definition) is 3. The quantitative estimate of drug-likeness (QED) is 0.431. The van der Waals surface area contributed by atoms with Gasteiger partial charge in [-0.1, -0.05) is 29.8 Å². The van der Waals surface area contributed by atoms with Crippen LogP contribution in [0.15, 0.2) is 42.6 Å². The molecule has 0 saturated carbocycles. The van der Waals surface area contributed by atoms with E-state index in [-0.39, 0.29) is 37.0 Å². The summed E-state index contributed by atoms with van der Waals surface area (Å²) in [5.41, 5.74) is 5.96. The zero-order valence-corrected chi connectivity index (χ0v) is 21.0. The predicted molar refractivity (Wildman–Crippen MR) is 131 cm³/mol. The first-order valence-electron chi connectivity index (χ1n) is 11.3. The SMILES string of the molecule is CC(=O)N(NCc1cccc(F)c1Cl)[C@H](CONC(=O)N1C=Cc2ccc(F)cc2C1)CC(C)(C)O. The molecule has 3 rings (SSSR count). The Labute approximate surface area is 213 Å². The number of nitrogens with zero attached hydrogens (tertiary/aromatic N) is 2. The maximum atomic E-state index is 13.8.